The van der Waals surface area contributed by atoms with Gasteiger partial charge in [0.25, 0.3) is 0 Å². The maximum absolute atomic E-state index is 3.77. The van der Waals surface area contributed by atoms with Crippen LogP contribution in [0.1, 0.15) is 67.9 Å². The standard InChI is InChI=1S/C7H6.3C5H11.Ta/c1-7-5-3-2-4-6-7;3*1-5(2,3)4;/h1-6H;3*1H2,2-4H3;/q;3*-1;. The van der Waals surface area contributed by atoms with E-state index in [2.05, 4.69) is 112 Å². The van der Waals surface area contributed by atoms with Crippen molar-refractivity contribution in [2.45, 2.75) is 62.3 Å². The van der Waals surface area contributed by atoms with Crippen LogP contribution in [0.5, 0.6) is 0 Å². The topological polar surface area (TPSA) is 0 Å². The molecule has 0 aliphatic rings. The predicted molar refractivity (Wildman–Crippen MR) is 106 cm³/mol. The molecule has 23 heavy (non-hydrogen) atoms. The van der Waals surface area contributed by atoms with Crippen LogP contribution >= 0.6 is 0 Å². The first-order valence-electron chi connectivity index (χ1n) is 8.02. The summed E-state index contributed by atoms with van der Waals surface area (Å²) in [5.74, 6) is 0. The molecule has 1 heteroatoms. The summed E-state index contributed by atoms with van der Waals surface area (Å²) < 4.78 is 2.19. The molecule has 0 fully saturated rings. The quantitative estimate of drug-likeness (QED) is 0.377. The van der Waals surface area contributed by atoms with Crippen molar-refractivity contribution in [2.24, 2.45) is 16.2 Å². The normalized spacial score (nSPS) is 10.7. The molecule has 0 nitrogen and oxygen atoms in total. The third kappa shape index (κ3) is 88.8. The summed E-state index contributed by atoms with van der Waals surface area (Å²) in [7, 11) is 0. The first kappa shape index (κ1) is 27.7. The van der Waals surface area contributed by atoms with Crippen molar-refractivity contribution < 1.29 is 20.6 Å². The second-order valence-corrected chi connectivity index (χ2v) is 10.1. The van der Waals surface area contributed by atoms with Crippen molar-refractivity contribution in [2.75, 3.05) is 0 Å². The second kappa shape index (κ2) is 13.2. The average Bonchev–Trinajstić information content (AvgIpc) is 2.23. The van der Waals surface area contributed by atoms with E-state index in [-0.39, 0.29) is 16.2 Å². The van der Waals surface area contributed by atoms with E-state index >= 15 is 0 Å². The molecule has 0 amide bonds. The molecular weight excluding hydrogens is 445 g/mol. The summed E-state index contributed by atoms with van der Waals surface area (Å²) in [5, 5.41) is 0. The fourth-order valence-corrected chi connectivity index (χ4v) is 1.16. The fraction of sp³-hybridized carbons (Fsp3) is 0.545. The van der Waals surface area contributed by atoms with Crippen LogP contribution in [-0.2, 0) is 20.6 Å². The van der Waals surface area contributed by atoms with Crippen LogP contribution in [-0.4, -0.2) is 4.23 Å². The van der Waals surface area contributed by atoms with Crippen LogP contribution in [0.15, 0.2) is 30.3 Å². The minimum atomic E-state index is 0.250. The summed E-state index contributed by atoms with van der Waals surface area (Å²) in [6.07, 6.45) is 0. The Morgan fingerprint density at radius 1 is 0.652 bits per heavy atom. The molecule has 0 spiro atoms. The zero-order chi connectivity index (χ0) is 19.3. The average molecular weight is 485 g/mol. The monoisotopic (exact) mass is 484 g/mol. The van der Waals surface area contributed by atoms with Gasteiger partial charge < -0.3 is 20.8 Å². The molecule has 1 aromatic carbocycles. The van der Waals surface area contributed by atoms with Gasteiger partial charge in [-0.15, -0.1) is 0 Å². The molecule has 0 aliphatic heterocycles. The van der Waals surface area contributed by atoms with Gasteiger partial charge in [0.15, 0.2) is 0 Å². The first-order chi connectivity index (χ1) is 9.93. The molecule has 1 rings (SSSR count). The minimum absolute atomic E-state index is 0.250. The van der Waals surface area contributed by atoms with Gasteiger partial charge in [0, 0.05) is 0 Å². The van der Waals surface area contributed by atoms with E-state index in [9.17, 15) is 0 Å². The van der Waals surface area contributed by atoms with E-state index in [1.807, 2.05) is 6.07 Å². The van der Waals surface area contributed by atoms with Crippen molar-refractivity contribution in [1.29, 1.82) is 0 Å². The van der Waals surface area contributed by atoms with Gasteiger partial charge in [0.05, 0.1) is 0 Å². The van der Waals surface area contributed by atoms with E-state index in [4.69, 9.17) is 0 Å². The van der Waals surface area contributed by atoms with Gasteiger partial charge in [-0.25, -0.2) is 0 Å². The summed E-state index contributed by atoms with van der Waals surface area (Å²) in [6.45, 7) is 30.0. The number of rotatable bonds is 1. The third-order valence-corrected chi connectivity index (χ3v) is 2.02. The number of hydrogen-bond donors (Lipinski definition) is 0. The Balaban J connectivity index is -0.000000240. The molecule has 0 radical (unpaired) electrons. The molecule has 0 N–H and O–H groups in total. The Morgan fingerprint density at radius 3 is 1.00 bits per heavy atom. The Hall–Kier alpha value is -0.170. The van der Waals surface area contributed by atoms with E-state index in [1.54, 1.807) is 0 Å². The van der Waals surface area contributed by atoms with Crippen LogP contribution < -0.4 is 0 Å². The predicted octanol–water partition coefficient (Wildman–Crippen LogP) is 6.98. The second-order valence-electron chi connectivity index (χ2n) is 9.22. The molecule has 135 valence electrons. The van der Waals surface area contributed by atoms with Crippen LogP contribution in [0.2, 0.25) is 0 Å². The summed E-state index contributed by atoms with van der Waals surface area (Å²) in [6, 6.07) is 10.4. The number of benzene rings is 1. The molecular formula is C22H39Ta-3. The van der Waals surface area contributed by atoms with Crippen LogP contribution in [0.3, 0.4) is 0 Å². The van der Waals surface area contributed by atoms with Crippen molar-refractivity contribution in [3.05, 3.63) is 56.7 Å². The zero-order valence-corrected chi connectivity index (χ0v) is 20.2. The van der Waals surface area contributed by atoms with Gasteiger partial charge in [-0.2, -0.15) is 16.2 Å². The van der Waals surface area contributed by atoms with Crippen molar-refractivity contribution in [3.8, 4) is 0 Å². The summed E-state index contributed by atoms with van der Waals surface area (Å²) >= 11 is 1.33. The third-order valence-electron chi connectivity index (χ3n) is 0.949. The number of hydrogen-bond acceptors (Lipinski definition) is 0. The zero-order valence-electron chi connectivity index (χ0n) is 17.0. The van der Waals surface area contributed by atoms with Gasteiger partial charge >= 0.3 is 60.7 Å². The Labute approximate surface area is 159 Å². The molecule has 1 aromatic rings. The molecule has 0 saturated carbocycles. The fourth-order valence-electron chi connectivity index (χ4n) is 0.539. The van der Waals surface area contributed by atoms with Crippen LogP contribution in [0, 0.1) is 37.0 Å². The Bertz CT molecular complexity index is 323. The molecule has 0 aliphatic carbocycles. The molecule has 0 saturated heterocycles. The molecule has 0 bridgehead atoms. The first-order valence-corrected chi connectivity index (χ1v) is 9.87. The molecule has 0 aromatic heterocycles. The van der Waals surface area contributed by atoms with Gasteiger partial charge in [0.2, 0.25) is 0 Å². The van der Waals surface area contributed by atoms with E-state index < -0.39 is 0 Å². The summed E-state index contributed by atoms with van der Waals surface area (Å²) in [4.78, 5) is 0. The van der Waals surface area contributed by atoms with Crippen molar-refractivity contribution in [1.82, 2.24) is 0 Å². The van der Waals surface area contributed by atoms with E-state index in [0.717, 1.165) is 0 Å². The van der Waals surface area contributed by atoms with Crippen LogP contribution in [0.4, 0.5) is 0 Å². The van der Waals surface area contributed by atoms with Crippen molar-refractivity contribution in [3.63, 3.8) is 0 Å². The molecule has 0 heterocycles. The van der Waals surface area contributed by atoms with Crippen LogP contribution in [0.25, 0.3) is 0 Å². The van der Waals surface area contributed by atoms with Gasteiger partial charge in [-0.3, -0.25) is 0 Å². The van der Waals surface area contributed by atoms with E-state index in [1.165, 1.54) is 26.2 Å². The van der Waals surface area contributed by atoms with E-state index in [0.29, 0.717) is 0 Å². The SMILES string of the molecule is [CH2-]C(C)(C)C.[CH2-]C(C)(C)C.[CH2-]C(C)(C)C.[Ta]=[CH]c1ccccc1. The Kier molecular flexibility index (Phi) is 15.8. The molecule has 0 unspecified atom stereocenters. The molecule has 0 atom stereocenters. The van der Waals surface area contributed by atoms with Gasteiger partial charge in [0.1, 0.15) is 0 Å². The van der Waals surface area contributed by atoms with Crippen molar-refractivity contribution >= 4 is 4.23 Å². The summed E-state index contributed by atoms with van der Waals surface area (Å²) in [5.41, 5.74) is 2.08. The van der Waals surface area contributed by atoms with Gasteiger partial charge in [-0.05, 0) is 0 Å². The Morgan fingerprint density at radius 2 is 0.870 bits per heavy atom. The van der Waals surface area contributed by atoms with Gasteiger partial charge in [-0.1, -0.05) is 62.3 Å². The maximum atomic E-state index is 3.77.